The number of nitrogens with zero attached hydrogens (tertiary/aromatic N) is 1. The van der Waals surface area contributed by atoms with Crippen LogP contribution in [0.5, 0.6) is 0 Å². The number of sulfonamides is 1. The van der Waals surface area contributed by atoms with E-state index in [2.05, 4.69) is 57.5 Å². The van der Waals surface area contributed by atoms with Crippen molar-refractivity contribution in [2.75, 3.05) is 10.5 Å². The first-order valence-electron chi connectivity index (χ1n) is 5.19. The van der Waals surface area contributed by atoms with Crippen LogP contribution in [0.4, 0.5) is 11.5 Å². The highest BCUT2D eigenvalue weighted by Crippen LogP contribution is 2.34. The average Bonchev–Trinajstić information content (AvgIpc) is 2.30. The monoisotopic (exact) mass is 483 g/mol. The highest BCUT2D eigenvalue weighted by molar-refractivity contribution is 9.11. The zero-order valence-electron chi connectivity index (χ0n) is 9.77. The molecule has 9 heteroatoms. The number of aromatic nitrogens is 1. The molecule has 0 aliphatic carbocycles. The Morgan fingerprint density at radius 3 is 2.25 bits per heavy atom. The summed E-state index contributed by atoms with van der Waals surface area (Å²) in [6, 6.07) is 6.43. The van der Waals surface area contributed by atoms with Gasteiger partial charge in [0, 0.05) is 20.8 Å². The van der Waals surface area contributed by atoms with Crippen LogP contribution in [0.1, 0.15) is 0 Å². The van der Waals surface area contributed by atoms with E-state index >= 15 is 0 Å². The Labute approximate surface area is 141 Å². The molecule has 5 nitrogen and oxygen atoms in total. The highest BCUT2D eigenvalue weighted by atomic mass is 79.9. The van der Waals surface area contributed by atoms with E-state index < -0.39 is 10.0 Å². The predicted molar refractivity (Wildman–Crippen MR) is 89.0 cm³/mol. The van der Waals surface area contributed by atoms with Crippen molar-refractivity contribution in [3.63, 3.8) is 0 Å². The molecular weight excluding hydrogens is 478 g/mol. The van der Waals surface area contributed by atoms with Crippen LogP contribution >= 0.6 is 47.8 Å². The standard InChI is InChI=1S/C11H8Br3N3O2S/c12-7-2-1-3-16-11(7)17-20(18,19)10-8(13)4-6(15)5-9(10)14/h1-5H,15H2,(H,16,17). The molecular formula is C11H8Br3N3O2S. The number of halogens is 3. The zero-order valence-corrected chi connectivity index (χ0v) is 15.3. The van der Waals surface area contributed by atoms with Gasteiger partial charge in [0.15, 0.2) is 5.82 Å². The third-order valence-electron chi connectivity index (χ3n) is 2.28. The predicted octanol–water partition coefficient (Wildman–Crippen LogP) is 3.75. The van der Waals surface area contributed by atoms with Crippen molar-refractivity contribution in [2.45, 2.75) is 4.90 Å². The number of rotatable bonds is 3. The van der Waals surface area contributed by atoms with Crippen molar-refractivity contribution in [1.29, 1.82) is 0 Å². The van der Waals surface area contributed by atoms with E-state index in [0.717, 1.165) is 0 Å². The lowest BCUT2D eigenvalue weighted by molar-refractivity contribution is 0.600. The normalized spacial score (nSPS) is 11.3. The summed E-state index contributed by atoms with van der Waals surface area (Å²) >= 11 is 9.65. The molecule has 2 rings (SSSR count). The Morgan fingerprint density at radius 2 is 1.70 bits per heavy atom. The Morgan fingerprint density at radius 1 is 1.10 bits per heavy atom. The van der Waals surface area contributed by atoms with Crippen molar-refractivity contribution in [3.05, 3.63) is 43.9 Å². The average molecular weight is 486 g/mol. The van der Waals surface area contributed by atoms with Crippen molar-refractivity contribution >= 4 is 69.3 Å². The number of nitrogen functional groups attached to an aromatic ring is 1. The molecule has 3 N–H and O–H groups in total. The number of nitrogens with two attached hydrogens (primary N) is 1. The Bertz CT molecular complexity index is 742. The largest absolute Gasteiger partial charge is 0.399 e. The SMILES string of the molecule is Nc1cc(Br)c(S(=O)(=O)Nc2ncccc2Br)c(Br)c1. The van der Waals surface area contributed by atoms with Crippen LogP contribution in [0, 0.1) is 0 Å². The van der Waals surface area contributed by atoms with Gasteiger partial charge in [0.05, 0.1) is 4.47 Å². The van der Waals surface area contributed by atoms with E-state index in [1.54, 1.807) is 12.1 Å². The van der Waals surface area contributed by atoms with E-state index in [1.807, 2.05) is 0 Å². The van der Waals surface area contributed by atoms with Crippen LogP contribution in [0.3, 0.4) is 0 Å². The first kappa shape index (κ1) is 15.7. The highest BCUT2D eigenvalue weighted by Gasteiger charge is 2.23. The lowest BCUT2D eigenvalue weighted by Gasteiger charge is -2.12. The molecule has 1 aromatic heterocycles. The Kier molecular flexibility index (Phi) is 4.73. The number of hydrogen-bond donors (Lipinski definition) is 2. The molecule has 0 saturated carbocycles. The molecule has 1 aromatic carbocycles. The van der Waals surface area contributed by atoms with Gasteiger partial charge >= 0.3 is 0 Å². The Balaban J connectivity index is 2.50. The number of pyridine rings is 1. The minimum absolute atomic E-state index is 0.0595. The molecule has 0 atom stereocenters. The first-order valence-corrected chi connectivity index (χ1v) is 9.05. The molecule has 0 fully saturated rings. The molecule has 0 radical (unpaired) electrons. The van der Waals surface area contributed by atoms with Gasteiger partial charge in [0.25, 0.3) is 10.0 Å². The van der Waals surface area contributed by atoms with Crippen molar-refractivity contribution in [3.8, 4) is 0 Å². The molecule has 0 unspecified atom stereocenters. The van der Waals surface area contributed by atoms with Crippen LogP contribution in [0.15, 0.2) is 48.8 Å². The first-order chi connectivity index (χ1) is 9.31. The van der Waals surface area contributed by atoms with Gasteiger partial charge in [-0.1, -0.05) is 0 Å². The van der Waals surface area contributed by atoms with Gasteiger partial charge in [-0.05, 0) is 72.1 Å². The summed E-state index contributed by atoms with van der Waals surface area (Å²) in [6.45, 7) is 0. The van der Waals surface area contributed by atoms with Gasteiger partial charge in [-0.25, -0.2) is 13.4 Å². The van der Waals surface area contributed by atoms with Gasteiger partial charge < -0.3 is 5.73 Å². The second kappa shape index (κ2) is 6.00. The molecule has 106 valence electrons. The number of hydrogen-bond acceptors (Lipinski definition) is 4. The van der Waals surface area contributed by atoms with Crippen LogP contribution in [0.25, 0.3) is 0 Å². The van der Waals surface area contributed by atoms with Crippen molar-refractivity contribution in [1.82, 2.24) is 4.98 Å². The minimum Gasteiger partial charge on any atom is -0.399 e. The van der Waals surface area contributed by atoms with E-state index in [0.29, 0.717) is 19.1 Å². The van der Waals surface area contributed by atoms with Crippen LogP contribution in [-0.4, -0.2) is 13.4 Å². The van der Waals surface area contributed by atoms with E-state index in [4.69, 9.17) is 5.73 Å². The molecule has 2 aromatic rings. The third kappa shape index (κ3) is 3.33. The van der Waals surface area contributed by atoms with Gasteiger partial charge in [-0.2, -0.15) is 0 Å². The quantitative estimate of drug-likeness (QED) is 0.648. The van der Waals surface area contributed by atoms with Gasteiger partial charge in [0.2, 0.25) is 0 Å². The second-order valence-corrected chi connectivity index (χ2v) is 7.94. The molecule has 20 heavy (non-hydrogen) atoms. The maximum absolute atomic E-state index is 12.4. The fourth-order valence-corrected chi connectivity index (χ4v) is 5.61. The lowest BCUT2D eigenvalue weighted by atomic mass is 10.3. The third-order valence-corrected chi connectivity index (χ3v) is 6.13. The number of anilines is 2. The summed E-state index contributed by atoms with van der Waals surface area (Å²) in [5, 5.41) is 0. The summed E-state index contributed by atoms with van der Waals surface area (Å²) in [5.74, 6) is 0.211. The van der Waals surface area contributed by atoms with Crippen LogP contribution < -0.4 is 10.5 Å². The molecule has 1 heterocycles. The second-order valence-electron chi connectivity index (χ2n) is 3.75. The number of nitrogens with one attached hydrogen (secondary N) is 1. The molecule has 0 bridgehead atoms. The van der Waals surface area contributed by atoms with Crippen LogP contribution in [0.2, 0.25) is 0 Å². The molecule has 0 aliphatic rings. The minimum atomic E-state index is -3.81. The van der Waals surface area contributed by atoms with E-state index in [9.17, 15) is 8.42 Å². The summed E-state index contributed by atoms with van der Waals surface area (Å²) in [5.41, 5.74) is 6.10. The smallest absolute Gasteiger partial charge is 0.265 e. The van der Waals surface area contributed by atoms with Crippen LogP contribution in [-0.2, 0) is 10.0 Å². The maximum Gasteiger partial charge on any atom is 0.265 e. The molecule has 0 aliphatic heterocycles. The maximum atomic E-state index is 12.4. The molecule has 0 spiro atoms. The fraction of sp³-hybridized carbons (Fsp3) is 0. The van der Waals surface area contributed by atoms with Gasteiger partial charge in [0.1, 0.15) is 4.90 Å². The van der Waals surface area contributed by atoms with E-state index in [-0.39, 0.29) is 10.7 Å². The van der Waals surface area contributed by atoms with Gasteiger partial charge in [-0.15, -0.1) is 0 Å². The zero-order chi connectivity index (χ0) is 14.9. The lowest BCUT2D eigenvalue weighted by Crippen LogP contribution is -2.15. The van der Waals surface area contributed by atoms with Crippen molar-refractivity contribution in [2.24, 2.45) is 0 Å². The summed E-state index contributed by atoms with van der Waals surface area (Å²) in [7, 11) is -3.81. The van der Waals surface area contributed by atoms with Gasteiger partial charge in [-0.3, -0.25) is 4.72 Å². The van der Waals surface area contributed by atoms with Crippen molar-refractivity contribution < 1.29 is 8.42 Å². The molecule has 0 saturated heterocycles. The number of benzene rings is 1. The topological polar surface area (TPSA) is 85.1 Å². The molecule has 0 amide bonds. The van der Waals surface area contributed by atoms with E-state index in [1.165, 1.54) is 18.3 Å². The summed E-state index contributed by atoms with van der Waals surface area (Å²) < 4.78 is 28.6. The summed E-state index contributed by atoms with van der Waals surface area (Å²) in [6.07, 6.45) is 1.50. The summed E-state index contributed by atoms with van der Waals surface area (Å²) in [4.78, 5) is 4.03. The fourth-order valence-electron chi connectivity index (χ4n) is 1.48. The Hall–Kier alpha value is -0.640.